The molecule has 3 heterocycles. The molecule has 5 rings (SSSR count). The highest BCUT2D eigenvalue weighted by molar-refractivity contribution is 8.15. The number of nitrogens with zero attached hydrogens (tertiary/aromatic N) is 1. The molecule has 1 N–H and O–H groups in total. The molecule has 1 aromatic heterocycles. The van der Waals surface area contributed by atoms with Crippen molar-refractivity contribution in [2.24, 2.45) is 0 Å². The number of ether oxygens (including phenoxy) is 1. The Bertz CT molecular complexity index is 1250. The van der Waals surface area contributed by atoms with E-state index in [2.05, 4.69) is 10.3 Å². The number of aromatic nitrogens is 1. The van der Waals surface area contributed by atoms with E-state index in [-0.39, 0.29) is 11.1 Å². The number of amides is 2. The molecule has 1 atom stereocenters. The van der Waals surface area contributed by atoms with E-state index in [1.165, 1.54) is 0 Å². The maximum Gasteiger partial charge on any atom is 0.286 e. The second kappa shape index (κ2) is 8.55. The third-order valence-corrected chi connectivity index (χ3v) is 6.33. The molecule has 1 unspecified atom stereocenters. The van der Waals surface area contributed by atoms with Crippen LogP contribution in [0.25, 0.3) is 22.8 Å². The van der Waals surface area contributed by atoms with Crippen molar-refractivity contribution in [1.29, 1.82) is 0 Å². The second-order valence-corrected chi connectivity index (χ2v) is 8.63. The Labute approximate surface area is 188 Å². The van der Waals surface area contributed by atoms with Gasteiger partial charge >= 0.3 is 0 Å². The zero-order chi connectivity index (χ0) is 22.1. The number of rotatable bonds is 7. The normalized spacial score (nSPS) is 16.0. The van der Waals surface area contributed by atoms with E-state index in [1.54, 1.807) is 12.3 Å². The van der Waals surface area contributed by atoms with Crippen LogP contribution in [0.1, 0.15) is 17.0 Å². The molecule has 1 fully saturated rings. The van der Waals surface area contributed by atoms with Crippen LogP contribution in [0.15, 0.2) is 63.6 Å². The molecule has 3 aliphatic rings. The Morgan fingerprint density at radius 3 is 2.75 bits per heavy atom. The highest BCUT2D eigenvalue weighted by atomic mass is 32.2. The number of hydrogen-bond acceptors (Lipinski definition) is 7. The smallest absolute Gasteiger partial charge is 0.286 e. The molecule has 1 aromatic carbocycles. The first-order valence-electron chi connectivity index (χ1n) is 10.2. The maximum absolute atomic E-state index is 12.0. The summed E-state index contributed by atoms with van der Waals surface area (Å²) in [7, 11) is 0. The molecule has 162 valence electrons. The van der Waals surface area contributed by atoms with Gasteiger partial charge in [-0.15, -0.1) is 0 Å². The molecule has 2 aromatic rings. The Morgan fingerprint density at radius 2 is 1.97 bits per heavy atom. The first kappa shape index (κ1) is 20.4. The monoisotopic (exact) mass is 448 g/mol. The van der Waals surface area contributed by atoms with Crippen molar-refractivity contribution < 1.29 is 23.2 Å². The lowest BCUT2D eigenvalue weighted by atomic mass is 10.1. The summed E-state index contributed by atoms with van der Waals surface area (Å²) >= 11 is 1.01. The summed E-state index contributed by atoms with van der Waals surface area (Å²) in [5.74, 6) is 2.45. The fourth-order valence-corrected chi connectivity index (χ4v) is 4.62. The third kappa shape index (κ3) is 4.01. The Balaban J connectivity index is 1.30. The molecule has 8 heteroatoms. The van der Waals surface area contributed by atoms with E-state index in [0.717, 1.165) is 39.9 Å². The van der Waals surface area contributed by atoms with Crippen molar-refractivity contribution in [2.45, 2.75) is 25.0 Å². The molecule has 0 radical (unpaired) electrons. The fourth-order valence-electron chi connectivity index (χ4n) is 3.77. The van der Waals surface area contributed by atoms with Gasteiger partial charge in [0.2, 0.25) is 11.8 Å². The van der Waals surface area contributed by atoms with Gasteiger partial charge in [-0.1, -0.05) is 36.0 Å². The first-order valence-corrected chi connectivity index (χ1v) is 11.1. The lowest BCUT2D eigenvalue weighted by Crippen LogP contribution is -2.25. The number of benzene rings is 1. The number of carbonyl (C=O) groups is 2. The SMILES string of the molecule is Cc1oc(-c2ccccc2)nc1CCOc1ccoc2ccc(CC3SC(=O)NC3=O)c1-2. The van der Waals surface area contributed by atoms with Crippen LogP contribution in [0.4, 0.5) is 4.79 Å². The highest BCUT2D eigenvalue weighted by Gasteiger charge is 2.33. The van der Waals surface area contributed by atoms with E-state index in [0.29, 0.717) is 36.8 Å². The number of hydrogen-bond donors (Lipinski definition) is 1. The third-order valence-electron chi connectivity index (χ3n) is 5.35. The molecule has 0 spiro atoms. The lowest BCUT2D eigenvalue weighted by Gasteiger charge is -2.13. The Morgan fingerprint density at radius 1 is 1.12 bits per heavy atom. The molecule has 2 amide bonds. The van der Waals surface area contributed by atoms with Gasteiger partial charge in [-0.3, -0.25) is 14.9 Å². The largest absolute Gasteiger partial charge is 0.492 e. The summed E-state index contributed by atoms with van der Waals surface area (Å²) in [6, 6.07) is 15.3. The van der Waals surface area contributed by atoms with Crippen LogP contribution in [0.5, 0.6) is 5.75 Å². The molecule has 0 saturated carbocycles. The van der Waals surface area contributed by atoms with Crippen molar-refractivity contribution in [2.75, 3.05) is 6.61 Å². The van der Waals surface area contributed by atoms with Crippen LogP contribution >= 0.6 is 11.8 Å². The molecule has 32 heavy (non-hydrogen) atoms. The van der Waals surface area contributed by atoms with Gasteiger partial charge in [-0.2, -0.15) is 0 Å². The number of carbonyl (C=O) groups excluding carboxylic acids is 2. The minimum absolute atomic E-state index is 0.264. The van der Waals surface area contributed by atoms with Gasteiger partial charge < -0.3 is 13.6 Å². The summed E-state index contributed by atoms with van der Waals surface area (Å²) in [5, 5.41) is 1.57. The van der Waals surface area contributed by atoms with Crippen LogP contribution in [0.2, 0.25) is 0 Å². The van der Waals surface area contributed by atoms with Gasteiger partial charge in [0.25, 0.3) is 5.24 Å². The lowest BCUT2D eigenvalue weighted by molar-refractivity contribution is -0.118. The van der Waals surface area contributed by atoms with Crippen LogP contribution in [-0.4, -0.2) is 28.0 Å². The topological polar surface area (TPSA) is 94.6 Å². The minimum atomic E-state index is -0.449. The fraction of sp³-hybridized carbons (Fsp3) is 0.208. The van der Waals surface area contributed by atoms with Crippen molar-refractivity contribution in [3.8, 4) is 28.5 Å². The van der Waals surface area contributed by atoms with E-state index in [1.807, 2.05) is 49.4 Å². The van der Waals surface area contributed by atoms with Crippen LogP contribution in [0.3, 0.4) is 0 Å². The summed E-state index contributed by atoms with van der Waals surface area (Å²) in [5.41, 5.74) is 3.51. The zero-order valence-corrected chi connectivity index (χ0v) is 18.1. The van der Waals surface area contributed by atoms with Crippen molar-refractivity contribution in [1.82, 2.24) is 10.3 Å². The van der Waals surface area contributed by atoms with Gasteiger partial charge in [-0.05, 0) is 37.1 Å². The zero-order valence-electron chi connectivity index (χ0n) is 17.3. The van der Waals surface area contributed by atoms with Crippen molar-refractivity contribution >= 4 is 22.9 Å². The van der Waals surface area contributed by atoms with Crippen molar-refractivity contribution in [3.63, 3.8) is 0 Å². The van der Waals surface area contributed by atoms with Crippen LogP contribution in [0, 0.1) is 6.92 Å². The van der Waals surface area contributed by atoms with E-state index in [4.69, 9.17) is 13.6 Å². The molecular formula is C24H20N2O5S. The minimum Gasteiger partial charge on any atom is -0.492 e. The van der Waals surface area contributed by atoms with Crippen LogP contribution in [-0.2, 0) is 17.6 Å². The molecule has 1 aliphatic carbocycles. The standard InChI is InChI=1S/C24H20N2O5S/c1-14-17(25-23(31-14)15-5-3-2-4-6-15)9-11-29-19-10-12-30-18-8-7-16(21(18)19)13-20-22(27)26-24(28)32-20/h2-8,10,12,20H,9,11,13H2,1H3,(H,26,27,28). The highest BCUT2D eigenvalue weighted by Crippen LogP contribution is 2.39. The number of imide groups is 1. The molecule has 0 bridgehead atoms. The summed E-state index contributed by atoms with van der Waals surface area (Å²) in [6.07, 6.45) is 2.59. The van der Waals surface area contributed by atoms with E-state index in [9.17, 15) is 9.59 Å². The average Bonchev–Trinajstić information content (AvgIpc) is 3.47. The second-order valence-electron chi connectivity index (χ2n) is 7.46. The number of nitrogens with one attached hydrogen (secondary N) is 1. The molecule has 2 aliphatic heterocycles. The summed E-state index contributed by atoms with van der Waals surface area (Å²) in [4.78, 5) is 28.1. The average molecular weight is 449 g/mol. The summed E-state index contributed by atoms with van der Waals surface area (Å²) in [6.45, 7) is 2.30. The van der Waals surface area contributed by atoms with Gasteiger partial charge in [-0.25, -0.2) is 4.98 Å². The Hall–Kier alpha value is -3.52. The number of fused-ring (bicyclic) bond motifs is 1. The van der Waals surface area contributed by atoms with Gasteiger partial charge in [0.15, 0.2) is 0 Å². The number of thioether (sulfide) groups is 1. The molecule has 7 nitrogen and oxygen atoms in total. The molecular weight excluding hydrogens is 428 g/mol. The number of oxazole rings is 1. The van der Waals surface area contributed by atoms with Crippen LogP contribution < -0.4 is 10.1 Å². The molecule has 1 saturated heterocycles. The number of aryl methyl sites for hydroxylation is 1. The predicted octanol–water partition coefficient (Wildman–Crippen LogP) is 4.86. The van der Waals surface area contributed by atoms with Gasteiger partial charge in [0.05, 0.1) is 29.4 Å². The van der Waals surface area contributed by atoms with Gasteiger partial charge in [0.1, 0.15) is 17.3 Å². The predicted molar refractivity (Wildman–Crippen MR) is 120 cm³/mol. The van der Waals surface area contributed by atoms with Gasteiger partial charge in [0, 0.05) is 18.1 Å². The van der Waals surface area contributed by atoms with Crippen molar-refractivity contribution in [3.05, 3.63) is 71.8 Å². The quantitative estimate of drug-likeness (QED) is 0.431. The Kier molecular flexibility index (Phi) is 5.45. The maximum atomic E-state index is 12.0. The first-order chi connectivity index (χ1) is 15.6. The van der Waals surface area contributed by atoms with E-state index >= 15 is 0 Å². The summed E-state index contributed by atoms with van der Waals surface area (Å²) < 4.78 is 17.5. The van der Waals surface area contributed by atoms with E-state index < -0.39 is 5.25 Å².